The minimum Gasteiger partial charge on any atom is -0.344 e. The normalized spacial score (nSPS) is 13.5. The summed E-state index contributed by atoms with van der Waals surface area (Å²) < 4.78 is 0. The van der Waals surface area contributed by atoms with Gasteiger partial charge in [0, 0.05) is 23.9 Å². The highest BCUT2D eigenvalue weighted by molar-refractivity contribution is 5.94. The molecule has 0 aliphatic carbocycles. The molecule has 0 saturated heterocycles. The second kappa shape index (κ2) is 19.2. The molecule has 0 bridgehead atoms. The maximum absolute atomic E-state index is 14.0. The van der Waals surface area contributed by atoms with Crippen LogP contribution in [0.2, 0.25) is 0 Å². The number of hydrogen-bond acceptors (Lipinski definition) is 6. The van der Waals surface area contributed by atoms with Gasteiger partial charge in [-0.15, -0.1) is 0 Å². The number of nitrogens with two attached hydrogens (primary N) is 1. The lowest BCUT2D eigenvalue weighted by molar-refractivity contribution is -0.134. The molecule has 0 spiro atoms. The number of rotatable bonds is 18. The van der Waals surface area contributed by atoms with Crippen LogP contribution in [-0.2, 0) is 25.6 Å². The maximum Gasteiger partial charge on any atom is 0.243 e. The highest BCUT2D eigenvalue weighted by atomic mass is 16.2. The van der Waals surface area contributed by atoms with E-state index < -0.39 is 36.0 Å². The number of nitrogens with one attached hydrogen (secondary N) is 4. The number of para-hydroxylation sites is 1. The second-order valence-corrected chi connectivity index (χ2v) is 12.7. The topological polar surface area (TPSA) is 155 Å². The van der Waals surface area contributed by atoms with Gasteiger partial charge < -0.3 is 27.0 Å². The van der Waals surface area contributed by atoms with Gasteiger partial charge in [-0.05, 0) is 55.0 Å². The molecule has 50 heavy (non-hydrogen) atoms. The molecule has 1 aromatic heterocycles. The van der Waals surface area contributed by atoms with Crippen molar-refractivity contribution in [2.24, 2.45) is 11.7 Å². The highest BCUT2D eigenvalue weighted by Gasteiger charge is 2.33. The molecule has 0 aliphatic rings. The highest BCUT2D eigenvalue weighted by Crippen LogP contribution is 2.22. The Morgan fingerprint density at radius 1 is 0.680 bits per heavy atom. The van der Waals surface area contributed by atoms with Gasteiger partial charge in [-0.2, -0.15) is 0 Å². The molecule has 4 amide bonds. The fourth-order valence-corrected chi connectivity index (χ4v) is 5.81. The van der Waals surface area contributed by atoms with Crippen molar-refractivity contribution < 1.29 is 19.2 Å². The summed E-state index contributed by atoms with van der Waals surface area (Å²) in [6.07, 6.45) is 2.60. The first kappa shape index (κ1) is 37.7. The molecular weight excluding hydrogens is 628 g/mol. The zero-order chi connectivity index (χ0) is 35.9. The molecule has 10 heteroatoms. The lowest BCUT2D eigenvalue weighted by atomic mass is 9.96. The Bertz CT molecular complexity index is 1660. The Hall–Kier alpha value is -5.09. The zero-order valence-corrected chi connectivity index (χ0v) is 29.2. The van der Waals surface area contributed by atoms with Gasteiger partial charge in [-0.25, -0.2) is 0 Å². The third kappa shape index (κ3) is 10.7. The summed E-state index contributed by atoms with van der Waals surface area (Å²) in [7, 11) is 0. The van der Waals surface area contributed by atoms with Gasteiger partial charge in [0.25, 0.3) is 0 Å². The van der Waals surface area contributed by atoms with E-state index in [0.29, 0.717) is 37.9 Å². The number of unbranched alkanes of at least 4 members (excludes halogenated alkanes) is 1. The van der Waals surface area contributed by atoms with E-state index in [1.807, 2.05) is 111 Å². The largest absolute Gasteiger partial charge is 0.344 e. The predicted octanol–water partition coefficient (Wildman–Crippen LogP) is 4.72. The summed E-state index contributed by atoms with van der Waals surface area (Å²) in [6.45, 7) is 5.98. The Morgan fingerprint density at radius 3 is 1.92 bits per heavy atom. The van der Waals surface area contributed by atoms with Gasteiger partial charge in [0.1, 0.15) is 18.1 Å². The molecule has 1 heterocycles. The summed E-state index contributed by atoms with van der Waals surface area (Å²) in [4.78, 5) is 59.1. The third-order valence-electron chi connectivity index (χ3n) is 8.97. The predicted molar refractivity (Wildman–Crippen MR) is 197 cm³/mol. The monoisotopic (exact) mass is 678 g/mol. The molecule has 4 aromatic rings. The average Bonchev–Trinajstić information content (AvgIpc) is 3.15. The molecule has 4 rings (SSSR count). The fraction of sp³-hybridized carbons (Fsp3) is 0.375. The molecule has 0 aliphatic heterocycles. The molecule has 10 nitrogen and oxygen atoms in total. The van der Waals surface area contributed by atoms with Crippen molar-refractivity contribution in [2.45, 2.75) is 83.5 Å². The smallest absolute Gasteiger partial charge is 0.243 e. The first-order valence-electron chi connectivity index (χ1n) is 17.6. The van der Waals surface area contributed by atoms with Gasteiger partial charge in [0.15, 0.2) is 0 Å². The van der Waals surface area contributed by atoms with Crippen LogP contribution < -0.4 is 27.0 Å². The summed E-state index contributed by atoms with van der Waals surface area (Å²) >= 11 is 0. The molecule has 0 radical (unpaired) electrons. The molecule has 0 unspecified atom stereocenters. The quantitative estimate of drug-likeness (QED) is 0.0960. The summed E-state index contributed by atoms with van der Waals surface area (Å²) in [5, 5.41) is 12.8. The average molecular weight is 679 g/mol. The number of pyridine rings is 1. The van der Waals surface area contributed by atoms with Crippen molar-refractivity contribution >= 4 is 34.5 Å². The third-order valence-corrected chi connectivity index (χ3v) is 8.97. The van der Waals surface area contributed by atoms with Crippen LogP contribution in [0.4, 0.5) is 0 Å². The number of benzene rings is 3. The number of carbonyl (C=O) groups is 4. The van der Waals surface area contributed by atoms with Crippen molar-refractivity contribution in [3.8, 4) is 0 Å². The van der Waals surface area contributed by atoms with Crippen molar-refractivity contribution in [3.63, 3.8) is 0 Å². The minimum atomic E-state index is -0.961. The van der Waals surface area contributed by atoms with E-state index in [4.69, 9.17) is 10.7 Å². The lowest BCUT2D eigenvalue weighted by Crippen LogP contribution is -2.59. The number of amides is 4. The van der Waals surface area contributed by atoms with Crippen LogP contribution in [0.1, 0.15) is 75.7 Å². The Labute approximate surface area is 295 Å². The van der Waals surface area contributed by atoms with Crippen LogP contribution >= 0.6 is 0 Å². The van der Waals surface area contributed by atoms with Crippen molar-refractivity contribution in [3.05, 3.63) is 114 Å². The fourth-order valence-electron chi connectivity index (χ4n) is 5.81. The van der Waals surface area contributed by atoms with E-state index in [0.717, 1.165) is 22.0 Å². The molecule has 6 N–H and O–H groups in total. The molecule has 264 valence electrons. The van der Waals surface area contributed by atoms with Crippen LogP contribution in [0.15, 0.2) is 97.1 Å². The first-order valence-corrected chi connectivity index (χ1v) is 17.6. The van der Waals surface area contributed by atoms with Gasteiger partial charge in [-0.3, -0.25) is 24.2 Å². The SMILES string of the molecule is CCC(=O)N[C@@H](Cc1ccc2ccccc2n1)C(=O)N[C@H](C(=O)N[C@@H](CCCCN)C(=O)NC(c1ccccc1)c1ccccc1)[C@@H](C)CC. The van der Waals surface area contributed by atoms with Crippen LogP contribution in [0.3, 0.4) is 0 Å². The Morgan fingerprint density at radius 2 is 1.30 bits per heavy atom. The number of hydrogen-bond donors (Lipinski definition) is 5. The number of fused-ring (bicyclic) bond motifs is 1. The van der Waals surface area contributed by atoms with Gasteiger partial charge >= 0.3 is 0 Å². The van der Waals surface area contributed by atoms with Gasteiger partial charge in [-0.1, -0.05) is 112 Å². The summed E-state index contributed by atoms with van der Waals surface area (Å²) in [5.74, 6) is -1.87. The van der Waals surface area contributed by atoms with Crippen LogP contribution in [0, 0.1) is 5.92 Å². The van der Waals surface area contributed by atoms with E-state index in [1.165, 1.54) is 0 Å². The maximum atomic E-state index is 14.0. The Kier molecular flexibility index (Phi) is 14.5. The van der Waals surface area contributed by atoms with E-state index >= 15 is 0 Å². The number of aromatic nitrogens is 1. The molecular formula is C40H50N6O4. The van der Waals surface area contributed by atoms with Gasteiger partial charge in [0.2, 0.25) is 23.6 Å². The Balaban J connectivity index is 1.55. The van der Waals surface area contributed by atoms with Crippen LogP contribution in [0.25, 0.3) is 10.9 Å². The number of nitrogens with zero attached hydrogens (tertiary/aromatic N) is 1. The van der Waals surface area contributed by atoms with Crippen LogP contribution in [0.5, 0.6) is 0 Å². The standard InChI is InChI=1S/C40H50N6O4/c1-4-27(3)36(45-39(49)34(43-35(47)5-2)26-31-24-23-28-16-12-13-21-32(28)42-31)40(50)44-33(22-14-15-25-41)38(48)46-37(29-17-8-6-9-18-29)30-19-10-7-11-20-30/h6-13,16-21,23-24,27,33-34,36-37H,4-5,14-15,22,25-26,41H2,1-3H3,(H,43,47)(H,44,50)(H,45,49)(H,46,48)/t27-,33-,34-,36-/m0/s1. The van der Waals surface area contributed by atoms with Crippen molar-refractivity contribution in [2.75, 3.05) is 6.54 Å². The number of carbonyl (C=O) groups excluding carboxylic acids is 4. The van der Waals surface area contributed by atoms with E-state index in [1.54, 1.807) is 6.92 Å². The summed E-state index contributed by atoms with van der Waals surface area (Å²) in [5.41, 5.74) is 9.00. The van der Waals surface area contributed by atoms with Crippen molar-refractivity contribution in [1.29, 1.82) is 0 Å². The van der Waals surface area contributed by atoms with Crippen molar-refractivity contribution in [1.82, 2.24) is 26.3 Å². The molecule has 0 saturated carbocycles. The summed E-state index contributed by atoms with van der Waals surface area (Å²) in [6, 6.07) is 27.6. The second-order valence-electron chi connectivity index (χ2n) is 12.7. The van der Waals surface area contributed by atoms with Gasteiger partial charge in [0.05, 0.1) is 11.6 Å². The molecule has 0 fully saturated rings. The van der Waals surface area contributed by atoms with E-state index in [-0.39, 0.29) is 30.6 Å². The lowest BCUT2D eigenvalue weighted by Gasteiger charge is -2.29. The van der Waals surface area contributed by atoms with Crippen LogP contribution in [-0.4, -0.2) is 53.3 Å². The molecule has 3 aromatic carbocycles. The van der Waals surface area contributed by atoms with E-state index in [2.05, 4.69) is 21.3 Å². The minimum absolute atomic E-state index is 0.141. The first-order chi connectivity index (χ1) is 24.2. The molecule has 4 atom stereocenters. The van der Waals surface area contributed by atoms with E-state index in [9.17, 15) is 19.2 Å². The zero-order valence-electron chi connectivity index (χ0n) is 29.2.